The highest BCUT2D eigenvalue weighted by Crippen LogP contribution is 2.30. The topological polar surface area (TPSA) is 169 Å². The van der Waals surface area contributed by atoms with E-state index in [1.165, 1.54) is 0 Å². The molecule has 0 aliphatic carbocycles. The zero-order valence-corrected chi connectivity index (χ0v) is 13.5. The summed E-state index contributed by atoms with van der Waals surface area (Å²) in [5.41, 5.74) is 0. The lowest BCUT2D eigenvalue weighted by Crippen LogP contribution is -2.63. The van der Waals surface area contributed by atoms with Gasteiger partial charge in [0.25, 0.3) is 0 Å². The molecule has 2 aliphatic heterocycles. The molecule has 2 saturated heterocycles. The Kier molecular flexibility index (Phi) is 6.73. The van der Waals surface area contributed by atoms with E-state index in [4.69, 9.17) is 19.3 Å². The van der Waals surface area contributed by atoms with Gasteiger partial charge in [-0.3, -0.25) is 0 Å². The third-order valence-electron chi connectivity index (χ3n) is 3.95. The third kappa shape index (κ3) is 3.85. The fourth-order valence-corrected chi connectivity index (χ4v) is 3.13. The minimum absolute atomic E-state index is 0.548. The molecular weight excluding hydrogens is 384 g/mol. The van der Waals surface area contributed by atoms with Crippen LogP contribution in [0.3, 0.4) is 0 Å². The number of rotatable bonds is 4. The molecule has 0 amide bonds. The molecule has 2 heterocycles. The van der Waals surface area contributed by atoms with E-state index < -0.39 is 73.3 Å². The van der Waals surface area contributed by atoms with E-state index in [1.54, 1.807) is 0 Å². The van der Waals surface area contributed by atoms with Crippen molar-refractivity contribution in [1.82, 2.24) is 0 Å². The highest BCUT2D eigenvalue weighted by atomic mass is 79.9. The van der Waals surface area contributed by atoms with Crippen LogP contribution in [0.2, 0.25) is 0 Å². The molecule has 0 aromatic heterocycles. The van der Waals surface area contributed by atoms with E-state index in [2.05, 4.69) is 15.9 Å². The number of halogens is 1. The predicted molar refractivity (Wildman–Crippen MR) is 75.3 cm³/mol. The quantitative estimate of drug-likeness (QED) is 0.229. The van der Waals surface area contributed by atoms with Gasteiger partial charge in [-0.05, 0) is 0 Å². The number of ether oxygens (including phenoxy) is 3. The Morgan fingerprint density at radius 2 is 1.35 bits per heavy atom. The molecule has 0 bridgehead atoms. The van der Waals surface area contributed by atoms with Gasteiger partial charge in [-0.2, -0.15) is 0 Å². The second-order valence-corrected chi connectivity index (χ2v) is 6.39. The van der Waals surface area contributed by atoms with E-state index in [-0.39, 0.29) is 0 Å². The van der Waals surface area contributed by atoms with Gasteiger partial charge in [0.2, 0.25) is 0 Å². The van der Waals surface area contributed by atoms with Crippen molar-refractivity contribution in [2.24, 2.45) is 0 Å². The maximum Gasteiger partial charge on any atom is 0.187 e. The fraction of sp³-hybridized carbons (Fsp3) is 1.00. The van der Waals surface area contributed by atoms with Crippen molar-refractivity contribution in [2.75, 3.05) is 13.2 Å². The molecule has 0 radical (unpaired) electrons. The van der Waals surface area contributed by atoms with E-state index in [1.807, 2.05) is 0 Å². The summed E-state index contributed by atoms with van der Waals surface area (Å²) in [5, 5.41) is 66.7. The van der Waals surface area contributed by atoms with Gasteiger partial charge in [-0.25, -0.2) is 0 Å². The molecule has 11 heteroatoms. The first-order chi connectivity index (χ1) is 10.8. The SMILES string of the molecule is OCC1O[C@@H](O[C@H]2C(CO)O[C@@H](Br)C(O)[C@H]2O)C(O)[C@@H](O)[C@H]1O. The summed E-state index contributed by atoms with van der Waals surface area (Å²) >= 11 is 2.99. The Hall–Kier alpha value is 0.0800. The summed E-state index contributed by atoms with van der Waals surface area (Å²) in [5.74, 6) is 0. The van der Waals surface area contributed by atoms with Gasteiger partial charge in [-0.15, -0.1) is 0 Å². The number of aliphatic hydroxyl groups excluding tert-OH is 7. The Labute approximate surface area is 140 Å². The molecule has 10 nitrogen and oxygen atoms in total. The standard InChI is InChI=1S/C12H21BrO10/c13-11-8(19)7(18)10(4(2-15)21-11)23-12-9(20)6(17)5(16)3(1-14)22-12/h3-12,14-20H,1-2H2/t3?,4?,5-,6-,7+,8?,9?,10-,11+,12-/m0/s1. The average molecular weight is 405 g/mol. The van der Waals surface area contributed by atoms with Gasteiger partial charge < -0.3 is 50.0 Å². The first-order valence-electron chi connectivity index (χ1n) is 7.04. The van der Waals surface area contributed by atoms with Crippen LogP contribution in [-0.4, -0.2) is 109 Å². The largest absolute Gasteiger partial charge is 0.394 e. The minimum Gasteiger partial charge on any atom is -0.394 e. The number of alkyl halides is 1. The second-order valence-electron chi connectivity index (χ2n) is 5.49. The molecule has 2 fully saturated rings. The lowest BCUT2D eigenvalue weighted by atomic mass is 9.97. The van der Waals surface area contributed by atoms with E-state index in [9.17, 15) is 30.6 Å². The summed E-state index contributed by atoms with van der Waals surface area (Å²) in [6.45, 7) is -1.18. The molecule has 0 aromatic carbocycles. The van der Waals surface area contributed by atoms with Gasteiger partial charge in [0, 0.05) is 0 Å². The van der Waals surface area contributed by atoms with E-state index in [0.717, 1.165) is 0 Å². The molecular formula is C12H21BrO10. The van der Waals surface area contributed by atoms with Crippen molar-refractivity contribution >= 4 is 15.9 Å². The summed E-state index contributed by atoms with van der Waals surface area (Å²) in [6, 6.07) is 0. The van der Waals surface area contributed by atoms with Crippen molar-refractivity contribution in [3.8, 4) is 0 Å². The monoisotopic (exact) mass is 404 g/mol. The molecule has 2 rings (SSSR count). The normalized spacial score (nSPS) is 51.7. The summed E-state index contributed by atoms with van der Waals surface area (Å²) < 4.78 is 15.8. The van der Waals surface area contributed by atoms with Crippen molar-refractivity contribution in [1.29, 1.82) is 0 Å². The highest BCUT2D eigenvalue weighted by molar-refractivity contribution is 9.09. The Balaban J connectivity index is 2.11. The molecule has 10 atom stereocenters. The van der Waals surface area contributed by atoms with Crippen LogP contribution < -0.4 is 0 Å². The third-order valence-corrected chi connectivity index (χ3v) is 4.70. The fourth-order valence-electron chi connectivity index (χ4n) is 2.54. The highest BCUT2D eigenvalue weighted by Gasteiger charge is 2.49. The first kappa shape index (κ1) is 19.4. The van der Waals surface area contributed by atoms with Crippen LogP contribution in [0.25, 0.3) is 0 Å². The van der Waals surface area contributed by atoms with Crippen molar-refractivity contribution in [3.05, 3.63) is 0 Å². The zero-order valence-electron chi connectivity index (χ0n) is 11.9. The van der Waals surface area contributed by atoms with Crippen LogP contribution >= 0.6 is 15.9 Å². The number of hydrogen-bond acceptors (Lipinski definition) is 10. The maximum atomic E-state index is 10.1. The molecule has 4 unspecified atom stereocenters. The average Bonchev–Trinajstić information content (AvgIpc) is 2.55. The summed E-state index contributed by atoms with van der Waals surface area (Å²) in [7, 11) is 0. The van der Waals surface area contributed by atoms with Crippen molar-refractivity contribution in [2.45, 2.75) is 60.1 Å². The van der Waals surface area contributed by atoms with Crippen LogP contribution in [0.1, 0.15) is 0 Å². The van der Waals surface area contributed by atoms with Crippen LogP contribution in [-0.2, 0) is 14.2 Å². The number of hydrogen-bond donors (Lipinski definition) is 7. The predicted octanol–water partition coefficient (Wildman–Crippen LogP) is -3.99. The molecule has 2 aliphatic rings. The van der Waals surface area contributed by atoms with Crippen LogP contribution in [0, 0.1) is 0 Å². The molecule has 136 valence electrons. The lowest BCUT2D eigenvalue weighted by molar-refractivity contribution is -0.337. The molecule has 7 N–H and O–H groups in total. The molecule has 0 saturated carbocycles. The first-order valence-corrected chi connectivity index (χ1v) is 7.95. The molecule has 23 heavy (non-hydrogen) atoms. The molecule has 0 spiro atoms. The van der Waals surface area contributed by atoms with Gasteiger partial charge >= 0.3 is 0 Å². The summed E-state index contributed by atoms with van der Waals surface area (Å²) in [6.07, 6.45) is -12.7. The van der Waals surface area contributed by atoms with E-state index >= 15 is 0 Å². The second kappa shape index (κ2) is 7.97. The zero-order chi connectivity index (χ0) is 17.3. The van der Waals surface area contributed by atoms with E-state index in [0.29, 0.717) is 0 Å². The van der Waals surface area contributed by atoms with Crippen LogP contribution in [0.15, 0.2) is 0 Å². The summed E-state index contributed by atoms with van der Waals surface area (Å²) in [4.78, 5) is 0. The maximum absolute atomic E-state index is 10.1. The Bertz CT molecular complexity index is 383. The van der Waals surface area contributed by atoms with Gasteiger partial charge in [0.1, 0.15) is 53.8 Å². The minimum atomic E-state index is -1.67. The van der Waals surface area contributed by atoms with Crippen LogP contribution in [0.4, 0.5) is 0 Å². The smallest absolute Gasteiger partial charge is 0.187 e. The van der Waals surface area contributed by atoms with Gasteiger partial charge in [0.15, 0.2) is 6.29 Å². The van der Waals surface area contributed by atoms with Crippen molar-refractivity contribution < 1.29 is 50.0 Å². The van der Waals surface area contributed by atoms with Gasteiger partial charge in [0.05, 0.1) is 13.2 Å². The number of aliphatic hydroxyl groups is 7. The van der Waals surface area contributed by atoms with Crippen LogP contribution in [0.5, 0.6) is 0 Å². The molecule has 0 aromatic rings. The Morgan fingerprint density at radius 1 is 0.739 bits per heavy atom. The van der Waals surface area contributed by atoms with Crippen molar-refractivity contribution in [3.63, 3.8) is 0 Å². The lowest BCUT2D eigenvalue weighted by Gasteiger charge is -2.45. The Morgan fingerprint density at radius 3 is 1.91 bits per heavy atom. The van der Waals surface area contributed by atoms with Gasteiger partial charge in [-0.1, -0.05) is 15.9 Å².